The van der Waals surface area contributed by atoms with Crippen LogP contribution in [0.25, 0.3) is 11.1 Å². The zero-order valence-corrected chi connectivity index (χ0v) is 13.6. The van der Waals surface area contributed by atoms with Crippen molar-refractivity contribution >= 4 is 11.8 Å². The smallest absolute Gasteiger partial charge is 0.310 e. The Hall–Kier alpha value is -3.02. The predicted molar refractivity (Wildman–Crippen MR) is 87.5 cm³/mol. The Morgan fingerprint density at radius 3 is 2.38 bits per heavy atom. The van der Waals surface area contributed by atoms with Crippen molar-refractivity contribution in [3.05, 3.63) is 41.5 Å². The number of rotatable bonds is 5. The van der Waals surface area contributed by atoms with Crippen molar-refractivity contribution < 1.29 is 29.3 Å². The molecule has 24 heavy (non-hydrogen) atoms. The molecule has 0 aliphatic heterocycles. The molecule has 0 atom stereocenters. The number of benzene rings is 2. The predicted octanol–water partition coefficient (Wildman–Crippen LogP) is 2.69. The van der Waals surface area contributed by atoms with Gasteiger partial charge in [0, 0.05) is 11.6 Å². The summed E-state index contributed by atoms with van der Waals surface area (Å²) in [5, 5.41) is 20.4. The fourth-order valence-corrected chi connectivity index (χ4v) is 2.59. The monoisotopic (exact) mass is 330 g/mol. The number of carbonyl (C=O) groups is 2. The van der Waals surface area contributed by atoms with Crippen LogP contribution in [0.3, 0.4) is 0 Å². The zero-order valence-electron chi connectivity index (χ0n) is 13.6. The van der Waals surface area contributed by atoms with Crippen molar-refractivity contribution in [1.29, 1.82) is 0 Å². The lowest BCUT2D eigenvalue weighted by atomic mass is 9.90. The van der Waals surface area contributed by atoms with Crippen LogP contribution in [0.5, 0.6) is 17.2 Å². The maximum absolute atomic E-state index is 12.0. The van der Waals surface area contributed by atoms with Crippen molar-refractivity contribution in [1.82, 2.24) is 0 Å². The molecule has 126 valence electrons. The largest absolute Gasteiger partial charge is 0.507 e. The molecular weight excluding hydrogens is 312 g/mol. The summed E-state index contributed by atoms with van der Waals surface area (Å²) >= 11 is 0. The number of carbonyl (C=O) groups excluding carboxylic acids is 2. The maximum Gasteiger partial charge on any atom is 0.310 e. The minimum Gasteiger partial charge on any atom is -0.507 e. The van der Waals surface area contributed by atoms with Gasteiger partial charge in [-0.1, -0.05) is 12.1 Å². The van der Waals surface area contributed by atoms with Gasteiger partial charge in [-0.2, -0.15) is 0 Å². The summed E-state index contributed by atoms with van der Waals surface area (Å²) in [5.41, 5.74) is 1.02. The molecule has 2 rings (SSSR count). The van der Waals surface area contributed by atoms with Gasteiger partial charge in [-0.3, -0.25) is 9.59 Å². The van der Waals surface area contributed by atoms with E-state index in [4.69, 9.17) is 4.74 Å². The highest BCUT2D eigenvalue weighted by Crippen LogP contribution is 2.41. The van der Waals surface area contributed by atoms with Gasteiger partial charge in [0.2, 0.25) is 0 Å². The minimum absolute atomic E-state index is 0.0176. The van der Waals surface area contributed by atoms with Crippen LogP contribution in [0.1, 0.15) is 22.8 Å². The van der Waals surface area contributed by atoms with Gasteiger partial charge in [-0.25, -0.2) is 0 Å². The number of phenolic OH excluding ortho intramolecular Hbond substituents is 2. The molecule has 0 saturated carbocycles. The Morgan fingerprint density at radius 2 is 1.79 bits per heavy atom. The Kier molecular flexibility index (Phi) is 5.08. The molecule has 0 radical (unpaired) electrons. The van der Waals surface area contributed by atoms with Crippen LogP contribution in [0.15, 0.2) is 30.3 Å². The third-order valence-corrected chi connectivity index (χ3v) is 3.65. The quantitative estimate of drug-likeness (QED) is 0.647. The molecule has 0 bridgehead atoms. The lowest BCUT2D eigenvalue weighted by Gasteiger charge is -2.16. The third kappa shape index (κ3) is 3.32. The number of hydrogen-bond acceptors (Lipinski definition) is 6. The summed E-state index contributed by atoms with van der Waals surface area (Å²) < 4.78 is 9.84. The summed E-state index contributed by atoms with van der Waals surface area (Å²) in [5.74, 6) is -1.09. The van der Waals surface area contributed by atoms with Gasteiger partial charge in [-0.15, -0.1) is 0 Å². The highest BCUT2D eigenvalue weighted by molar-refractivity contribution is 6.02. The number of esters is 1. The molecule has 0 amide bonds. The van der Waals surface area contributed by atoms with Crippen LogP contribution in [-0.2, 0) is 16.0 Å². The van der Waals surface area contributed by atoms with Crippen molar-refractivity contribution in [2.24, 2.45) is 0 Å². The number of methoxy groups -OCH3 is 2. The lowest BCUT2D eigenvalue weighted by molar-refractivity contribution is -0.139. The topological polar surface area (TPSA) is 93.1 Å². The van der Waals surface area contributed by atoms with E-state index in [0.717, 1.165) is 6.07 Å². The van der Waals surface area contributed by atoms with Gasteiger partial charge < -0.3 is 19.7 Å². The first-order valence-corrected chi connectivity index (χ1v) is 7.19. The maximum atomic E-state index is 12.0. The molecule has 6 nitrogen and oxygen atoms in total. The average Bonchev–Trinajstić information content (AvgIpc) is 2.54. The Morgan fingerprint density at radius 1 is 1.08 bits per heavy atom. The van der Waals surface area contributed by atoms with Crippen LogP contribution >= 0.6 is 0 Å². The molecule has 2 N–H and O–H groups in total. The number of Topliss-reactive ketones (excluding diaryl/α,β-unsaturated/α-hetero) is 1. The molecule has 0 aromatic heterocycles. The standard InChI is InChI=1S/C18H18O6/c1-10(19)17-13(8-16(22)24-3)18(15(21)9-14(17)20)11-5-4-6-12(7-11)23-2/h4-7,9,20-21H,8H2,1-3H3. The van der Waals surface area contributed by atoms with Crippen molar-refractivity contribution in [2.45, 2.75) is 13.3 Å². The first-order valence-electron chi connectivity index (χ1n) is 7.19. The van der Waals surface area contributed by atoms with E-state index in [1.54, 1.807) is 24.3 Å². The second kappa shape index (κ2) is 7.04. The highest BCUT2D eigenvalue weighted by Gasteiger charge is 2.24. The fourth-order valence-electron chi connectivity index (χ4n) is 2.59. The van der Waals surface area contributed by atoms with Crippen LogP contribution in [0.4, 0.5) is 0 Å². The highest BCUT2D eigenvalue weighted by atomic mass is 16.5. The van der Waals surface area contributed by atoms with Gasteiger partial charge >= 0.3 is 5.97 Å². The van der Waals surface area contributed by atoms with E-state index in [1.807, 2.05) is 0 Å². The number of aromatic hydroxyl groups is 2. The average molecular weight is 330 g/mol. The van der Waals surface area contributed by atoms with Crippen LogP contribution in [-0.4, -0.2) is 36.2 Å². The molecule has 6 heteroatoms. The molecule has 2 aromatic rings. The molecule has 0 aliphatic rings. The molecule has 0 unspecified atom stereocenters. The van der Waals surface area contributed by atoms with Crippen molar-refractivity contribution in [3.8, 4) is 28.4 Å². The zero-order chi connectivity index (χ0) is 17.9. The second-order valence-electron chi connectivity index (χ2n) is 5.18. The minimum atomic E-state index is -0.591. The number of hydrogen-bond donors (Lipinski definition) is 2. The van der Waals surface area contributed by atoms with E-state index in [1.165, 1.54) is 21.1 Å². The fraction of sp³-hybridized carbons (Fsp3) is 0.222. The summed E-state index contributed by atoms with van der Waals surface area (Å²) in [6, 6.07) is 7.91. The van der Waals surface area contributed by atoms with Gasteiger partial charge in [0.25, 0.3) is 0 Å². The van der Waals surface area contributed by atoms with E-state index < -0.39 is 11.8 Å². The van der Waals surface area contributed by atoms with Crippen LogP contribution < -0.4 is 4.74 Å². The molecular formula is C18H18O6. The van der Waals surface area contributed by atoms with E-state index in [0.29, 0.717) is 11.3 Å². The number of ether oxygens (including phenoxy) is 2. The molecule has 0 fully saturated rings. The van der Waals surface area contributed by atoms with E-state index in [2.05, 4.69) is 4.74 Å². The Bertz CT molecular complexity index is 794. The van der Waals surface area contributed by atoms with Gasteiger partial charge in [0.05, 0.1) is 26.2 Å². The Labute approximate surface area is 139 Å². The number of ketones is 1. The molecule has 0 aliphatic carbocycles. The SMILES string of the molecule is COC(=O)Cc1c(C(C)=O)c(O)cc(O)c1-c1cccc(OC)c1. The summed E-state index contributed by atoms with van der Waals surface area (Å²) in [6.45, 7) is 1.28. The Balaban J connectivity index is 2.79. The molecule has 2 aromatic carbocycles. The van der Waals surface area contributed by atoms with Crippen LogP contribution in [0, 0.1) is 0 Å². The molecule has 0 saturated heterocycles. The van der Waals surface area contributed by atoms with Gasteiger partial charge in [0.15, 0.2) is 5.78 Å². The summed E-state index contributed by atoms with van der Waals surface area (Å²) in [6.07, 6.45) is -0.264. The van der Waals surface area contributed by atoms with Crippen LogP contribution in [0.2, 0.25) is 0 Å². The van der Waals surface area contributed by atoms with Crippen molar-refractivity contribution in [3.63, 3.8) is 0 Å². The summed E-state index contributed by atoms with van der Waals surface area (Å²) in [4.78, 5) is 23.7. The first kappa shape index (κ1) is 17.3. The summed E-state index contributed by atoms with van der Waals surface area (Å²) in [7, 11) is 2.73. The lowest BCUT2D eigenvalue weighted by Crippen LogP contribution is -2.11. The number of phenols is 2. The van der Waals surface area contributed by atoms with Gasteiger partial charge in [-0.05, 0) is 30.2 Å². The normalized spacial score (nSPS) is 10.3. The van der Waals surface area contributed by atoms with E-state index >= 15 is 0 Å². The first-order chi connectivity index (χ1) is 11.4. The third-order valence-electron chi connectivity index (χ3n) is 3.65. The van der Waals surface area contributed by atoms with Crippen molar-refractivity contribution in [2.75, 3.05) is 14.2 Å². The molecule has 0 spiro atoms. The molecule has 0 heterocycles. The van der Waals surface area contributed by atoms with E-state index in [9.17, 15) is 19.8 Å². The second-order valence-corrected chi connectivity index (χ2v) is 5.18. The van der Waals surface area contributed by atoms with Gasteiger partial charge in [0.1, 0.15) is 17.2 Å². The van der Waals surface area contributed by atoms with E-state index in [-0.39, 0.29) is 34.6 Å².